The van der Waals surface area contributed by atoms with Crippen LogP contribution in [0.3, 0.4) is 0 Å². The van der Waals surface area contributed by atoms with Crippen LogP contribution in [0.15, 0.2) is 12.1 Å². The van der Waals surface area contributed by atoms with Crippen LogP contribution in [0.1, 0.15) is 52.1 Å². The van der Waals surface area contributed by atoms with Crippen molar-refractivity contribution in [3.8, 4) is 0 Å². The maximum absolute atomic E-state index is 6.23. The number of aromatic nitrogens is 1. The van der Waals surface area contributed by atoms with Gasteiger partial charge in [-0.05, 0) is 57.6 Å². The van der Waals surface area contributed by atoms with E-state index in [1.165, 1.54) is 15.3 Å². The number of thiazole rings is 1. The van der Waals surface area contributed by atoms with Crippen LogP contribution in [0, 0.1) is 0 Å². The Balaban J connectivity index is 2.08. The van der Waals surface area contributed by atoms with Gasteiger partial charge in [-0.15, -0.1) is 11.3 Å². The van der Waals surface area contributed by atoms with Gasteiger partial charge in [0.2, 0.25) is 0 Å². The van der Waals surface area contributed by atoms with Crippen molar-refractivity contribution in [3.63, 3.8) is 0 Å². The molecule has 0 bridgehead atoms. The zero-order chi connectivity index (χ0) is 16.1. The number of nitrogens with zero attached hydrogens (tertiary/aromatic N) is 1. The molecule has 1 aliphatic heterocycles. The van der Waals surface area contributed by atoms with E-state index in [1.54, 1.807) is 11.3 Å². The molecule has 22 heavy (non-hydrogen) atoms. The molecule has 2 aromatic rings. The summed E-state index contributed by atoms with van der Waals surface area (Å²) in [5.41, 5.74) is 2.88. The first kappa shape index (κ1) is 16.0. The average molecular weight is 317 g/mol. The van der Waals surface area contributed by atoms with E-state index in [0.29, 0.717) is 0 Å². The number of aryl methyl sites for hydroxylation is 2. The van der Waals surface area contributed by atoms with Gasteiger partial charge in [0.1, 0.15) is 0 Å². The van der Waals surface area contributed by atoms with Gasteiger partial charge in [-0.25, -0.2) is 4.98 Å². The van der Waals surface area contributed by atoms with Crippen LogP contribution in [0.4, 0.5) is 0 Å². The van der Waals surface area contributed by atoms with Crippen molar-refractivity contribution in [3.05, 3.63) is 22.7 Å². The van der Waals surface area contributed by atoms with Gasteiger partial charge in [-0.3, -0.25) is 0 Å². The Morgan fingerprint density at radius 3 is 2.23 bits per heavy atom. The van der Waals surface area contributed by atoms with Gasteiger partial charge in [0, 0.05) is 0 Å². The molecule has 1 aliphatic rings. The predicted octanol–water partition coefficient (Wildman–Crippen LogP) is 3.72. The summed E-state index contributed by atoms with van der Waals surface area (Å²) >= 11 is 1.78. The van der Waals surface area contributed by atoms with E-state index in [4.69, 9.17) is 14.3 Å². The summed E-state index contributed by atoms with van der Waals surface area (Å²) in [6.07, 6.45) is 1.91. The summed E-state index contributed by atoms with van der Waals surface area (Å²) < 4.78 is 13.7. The zero-order valence-electron chi connectivity index (χ0n) is 14.3. The van der Waals surface area contributed by atoms with Gasteiger partial charge in [0.15, 0.2) is 0 Å². The summed E-state index contributed by atoms with van der Waals surface area (Å²) in [7, 11) is -0.309. The maximum atomic E-state index is 6.23. The number of benzene rings is 1. The number of rotatable bonds is 3. The van der Waals surface area contributed by atoms with Crippen LogP contribution in [0.25, 0.3) is 10.2 Å². The monoisotopic (exact) mass is 317 g/mol. The van der Waals surface area contributed by atoms with Crippen LogP contribution >= 0.6 is 11.3 Å². The van der Waals surface area contributed by atoms with Crippen LogP contribution < -0.4 is 5.46 Å². The molecule has 0 atom stereocenters. The van der Waals surface area contributed by atoms with Crippen molar-refractivity contribution < 1.29 is 9.31 Å². The molecular weight excluding hydrogens is 293 g/mol. The minimum Gasteiger partial charge on any atom is -0.399 e. The predicted molar refractivity (Wildman–Crippen MR) is 94.1 cm³/mol. The molecule has 2 heterocycles. The highest BCUT2D eigenvalue weighted by atomic mass is 32.1. The molecule has 3 nitrogen and oxygen atoms in total. The van der Waals surface area contributed by atoms with Crippen molar-refractivity contribution in [2.45, 2.75) is 65.6 Å². The van der Waals surface area contributed by atoms with Crippen molar-refractivity contribution >= 4 is 34.1 Å². The molecule has 118 valence electrons. The lowest BCUT2D eigenvalue weighted by molar-refractivity contribution is 0.00578. The minimum atomic E-state index is -0.311. The highest BCUT2D eigenvalue weighted by Crippen LogP contribution is 2.37. The molecule has 0 saturated carbocycles. The molecule has 0 unspecified atom stereocenters. The molecule has 0 radical (unpaired) electrons. The first-order valence-corrected chi connectivity index (χ1v) is 8.87. The van der Waals surface area contributed by atoms with Gasteiger partial charge in [-0.1, -0.05) is 19.9 Å². The van der Waals surface area contributed by atoms with Gasteiger partial charge < -0.3 is 9.31 Å². The van der Waals surface area contributed by atoms with Crippen LogP contribution in [0.5, 0.6) is 0 Å². The molecule has 1 saturated heterocycles. The summed E-state index contributed by atoms with van der Waals surface area (Å²) in [4.78, 5) is 4.81. The van der Waals surface area contributed by atoms with E-state index >= 15 is 0 Å². The minimum absolute atomic E-state index is 0.309. The van der Waals surface area contributed by atoms with E-state index in [9.17, 15) is 0 Å². The Bertz CT molecular complexity index is 692. The van der Waals surface area contributed by atoms with Gasteiger partial charge in [-0.2, -0.15) is 0 Å². The Labute approximate surface area is 137 Å². The average Bonchev–Trinajstić information content (AvgIpc) is 2.96. The fourth-order valence-electron chi connectivity index (χ4n) is 2.82. The van der Waals surface area contributed by atoms with E-state index in [1.807, 2.05) is 0 Å². The van der Waals surface area contributed by atoms with Crippen LogP contribution in [-0.2, 0) is 22.2 Å². The number of fused-ring (bicyclic) bond motifs is 1. The van der Waals surface area contributed by atoms with Crippen molar-refractivity contribution in [1.29, 1.82) is 0 Å². The van der Waals surface area contributed by atoms with E-state index in [-0.39, 0.29) is 18.3 Å². The SMILES string of the molecule is CCc1nc2c(CC)c(B3OC(C)(C)C(C)(C)O3)ccc2s1. The number of hydrogen-bond acceptors (Lipinski definition) is 4. The second-order valence-corrected chi connectivity index (χ2v) is 8.00. The lowest BCUT2D eigenvalue weighted by atomic mass is 9.75. The maximum Gasteiger partial charge on any atom is 0.495 e. The van der Waals surface area contributed by atoms with Gasteiger partial charge in [0.25, 0.3) is 0 Å². The van der Waals surface area contributed by atoms with Crippen molar-refractivity contribution in [1.82, 2.24) is 4.98 Å². The zero-order valence-corrected chi connectivity index (χ0v) is 15.1. The Morgan fingerprint density at radius 2 is 1.68 bits per heavy atom. The highest BCUT2D eigenvalue weighted by Gasteiger charge is 2.52. The fourth-order valence-corrected chi connectivity index (χ4v) is 3.76. The topological polar surface area (TPSA) is 31.4 Å². The summed E-state index contributed by atoms with van der Waals surface area (Å²) in [6.45, 7) is 12.7. The van der Waals surface area contributed by atoms with Crippen molar-refractivity contribution in [2.75, 3.05) is 0 Å². The van der Waals surface area contributed by atoms with E-state index in [2.05, 4.69) is 53.7 Å². The molecule has 0 amide bonds. The van der Waals surface area contributed by atoms with E-state index < -0.39 is 0 Å². The highest BCUT2D eigenvalue weighted by molar-refractivity contribution is 7.18. The molecular formula is C17H24BNO2S. The van der Waals surface area contributed by atoms with Crippen LogP contribution in [-0.4, -0.2) is 23.3 Å². The molecule has 1 fully saturated rings. The third kappa shape index (κ3) is 2.39. The fraction of sp³-hybridized carbons (Fsp3) is 0.588. The van der Waals surface area contributed by atoms with E-state index in [0.717, 1.165) is 23.8 Å². The standard InChI is InChI=1S/C17H24BNO2S/c1-7-11-12(18-20-16(3,4)17(5,6)21-18)9-10-13-15(11)19-14(8-2)22-13/h9-10H,7-8H2,1-6H3. The molecule has 0 N–H and O–H groups in total. The molecule has 0 aliphatic carbocycles. The molecule has 0 spiro atoms. The largest absolute Gasteiger partial charge is 0.495 e. The van der Waals surface area contributed by atoms with Crippen molar-refractivity contribution in [2.24, 2.45) is 0 Å². The quantitative estimate of drug-likeness (QED) is 0.809. The smallest absolute Gasteiger partial charge is 0.399 e. The lowest BCUT2D eigenvalue weighted by Gasteiger charge is -2.32. The molecule has 3 rings (SSSR count). The van der Waals surface area contributed by atoms with Gasteiger partial charge >= 0.3 is 7.12 Å². The van der Waals surface area contributed by atoms with Crippen LogP contribution in [0.2, 0.25) is 0 Å². The Morgan fingerprint density at radius 1 is 1.05 bits per heavy atom. The first-order chi connectivity index (χ1) is 10.3. The summed E-state index contributed by atoms with van der Waals surface area (Å²) in [5.74, 6) is 0. The second-order valence-electron chi connectivity index (χ2n) is 6.88. The first-order valence-electron chi connectivity index (χ1n) is 8.06. The van der Waals surface area contributed by atoms with Gasteiger partial charge in [0.05, 0.1) is 26.4 Å². The summed E-state index contributed by atoms with van der Waals surface area (Å²) in [5, 5.41) is 1.19. The Hall–Kier alpha value is -0.905. The summed E-state index contributed by atoms with van der Waals surface area (Å²) in [6, 6.07) is 4.31. The Kier molecular flexibility index (Phi) is 3.87. The normalized spacial score (nSPS) is 20.0. The molecule has 1 aromatic heterocycles. The molecule has 1 aromatic carbocycles. The molecule has 5 heteroatoms. The third-order valence-corrected chi connectivity index (χ3v) is 6.07. The number of hydrogen-bond donors (Lipinski definition) is 0. The lowest BCUT2D eigenvalue weighted by Crippen LogP contribution is -2.41. The second kappa shape index (κ2) is 5.32. The third-order valence-electron chi connectivity index (χ3n) is 4.91.